The van der Waals surface area contributed by atoms with E-state index in [1.165, 1.54) is 82.0 Å². The Hall–Kier alpha value is -3.09. The zero-order valence-corrected chi connectivity index (χ0v) is 26.6. The molecule has 0 amide bonds. The van der Waals surface area contributed by atoms with Crippen LogP contribution in [-0.2, 0) is 24.2 Å². The molecule has 7 aromatic carbocycles. The Balaban J connectivity index is 0.000000162. The summed E-state index contributed by atoms with van der Waals surface area (Å²) in [5.74, 6) is 0. The molecule has 0 nitrogen and oxygen atoms in total. The maximum atomic E-state index is 2.24. The van der Waals surface area contributed by atoms with Crippen molar-refractivity contribution in [2.24, 2.45) is 0 Å². The van der Waals surface area contributed by atoms with E-state index in [2.05, 4.69) is 159 Å². The van der Waals surface area contributed by atoms with E-state index in [1.54, 1.807) is 0 Å². The quantitative estimate of drug-likeness (QED) is 0.254. The summed E-state index contributed by atoms with van der Waals surface area (Å²) in [5.41, 5.74) is 5.37. The molecule has 0 saturated heterocycles. The van der Waals surface area contributed by atoms with Crippen LogP contribution in [0.25, 0.3) is 32.3 Å². The minimum atomic E-state index is 0. The first-order valence-corrected chi connectivity index (χ1v) is 14.2. The van der Waals surface area contributed by atoms with Crippen LogP contribution < -0.4 is 24.8 Å². The van der Waals surface area contributed by atoms with E-state index in [4.69, 9.17) is 0 Å². The molecule has 0 saturated carbocycles. The molecular formula is C37H30Cl2Zr-2. The van der Waals surface area contributed by atoms with E-state index in [0.29, 0.717) is 0 Å². The first-order chi connectivity index (χ1) is 18.6. The number of benzene rings is 5. The maximum Gasteiger partial charge on any atom is -0.0771 e. The fourth-order valence-electron chi connectivity index (χ4n) is 4.76. The Kier molecular flexibility index (Phi) is 11.8. The molecule has 0 fully saturated rings. The molecular weight excluding hydrogens is 607 g/mol. The molecule has 0 aliphatic heterocycles. The van der Waals surface area contributed by atoms with Gasteiger partial charge in [-0.25, -0.2) is 0 Å². The SMILES string of the molecule is Cc1ccc2c(C)c[cH-]c2c1.[Cl-].[Cl-].[Zr+2]=[C](c1ccccc1)c1ccccc1.c1ccc2c(c1)[cH-]c1ccccc12. The average molecular weight is 637 g/mol. The fourth-order valence-corrected chi connectivity index (χ4v) is 5.58. The second kappa shape index (κ2) is 15.1. The van der Waals surface area contributed by atoms with Gasteiger partial charge in [-0.05, 0) is 6.92 Å². The van der Waals surface area contributed by atoms with E-state index in [9.17, 15) is 0 Å². The molecule has 0 atom stereocenters. The second-order valence-electron chi connectivity index (χ2n) is 9.53. The van der Waals surface area contributed by atoms with Crippen LogP contribution in [0, 0.1) is 13.8 Å². The van der Waals surface area contributed by atoms with Crippen LogP contribution in [0.4, 0.5) is 0 Å². The number of hydrogen-bond donors (Lipinski definition) is 0. The summed E-state index contributed by atoms with van der Waals surface area (Å²) in [5, 5.41) is 8.14. The van der Waals surface area contributed by atoms with Crippen molar-refractivity contribution < 1.29 is 49.0 Å². The van der Waals surface area contributed by atoms with Crippen LogP contribution in [-0.4, -0.2) is 3.21 Å². The predicted octanol–water partition coefficient (Wildman–Crippen LogP) is 3.70. The van der Waals surface area contributed by atoms with Crippen LogP contribution in [0.5, 0.6) is 0 Å². The van der Waals surface area contributed by atoms with Crippen LogP contribution in [0.2, 0.25) is 0 Å². The summed E-state index contributed by atoms with van der Waals surface area (Å²) in [6, 6.07) is 51.3. The molecule has 7 aromatic rings. The van der Waals surface area contributed by atoms with Crippen LogP contribution in [0.15, 0.2) is 146 Å². The van der Waals surface area contributed by atoms with E-state index in [-0.39, 0.29) is 24.8 Å². The summed E-state index contributed by atoms with van der Waals surface area (Å²) < 4.78 is 1.42. The molecule has 0 aromatic heterocycles. The predicted molar refractivity (Wildman–Crippen MR) is 162 cm³/mol. The van der Waals surface area contributed by atoms with Gasteiger partial charge >= 0.3 is 99.2 Å². The van der Waals surface area contributed by atoms with Crippen molar-refractivity contribution in [3.8, 4) is 0 Å². The average Bonchev–Trinajstić information content (AvgIpc) is 3.54. The normalized spacial score (nSPS) is 10.0. The fraction of sp³-hybridized carbons (Fsp3) is 0.0541. The summed E-state index contributed by atoms with van der Waals surface area (Å²) >= 11 is 1.46. The van der Waals surface area contributed by atoms with Gasteiger partial charge in [-0.3, -0.25) is 0 Å². The van der Waals surface area contributed by atoms with Gasteiger partial charge in [-0.15, -0.1) is 68.7 Å². The standard InChI is InChI=1S/C13H9.C13H10.C11H11.2ClH.Zr/c1-3-7-12-10(5-1)9-11-6-2-4-8-13(11)12;1-3-7-12(8-4-1)11-13-9-5-2-6-10-13;1-8-3-6-11-9(2)4-5-10(11)7-8;;;/h1-9H;1-10H;3-7H,1-2H3;2*1H;/q-1;;-1;;;+2/p-2. The number of hydrogen-bond acceptors (Lipinski definition) is 0. The molecule has 40 heavy (non-hydrogen) atoms. The molecule has 0 bridgehead atoms. The van der Waals surface area contributed by atoms with Gasteiger partial charge in [0.05, 0.1) is 0 Å². The number of rotatable bonds is 2. The number of halogens is 2. The molecule has 0 radical (unpaired) electrons. The third-order valence-corrected chi connectivity index (χ3v) is 8.21. The molecule has 0 spiro atoms. The van der Waals surface area contributed by atoms with E-state index in [0.717, 1.165) is 0 Å². The minimum absolute atomic E-state index is 0. The molecule has 0 aliphatic rings. The van der Waals surface area contributed by atoms with E-state index >= 15 is 0 Å². The summed E-state index contributed by atoms with van der Waals surface area (Å²) in [4.78, 5) is 0. The van der Waals surface area contributed by atoms with Gasteiger partial charge in [-0.1, -0.05) is 55.0 Å². The van der Waals surface area contributed by atoms with Crippen molar-refractivity contribution in [3.63, 3.8) is 0 Å². The number of fused-ring (bicyclic) bond motifs is 4. The Morgan fingerprint density at radius 2 is 1.00 bits per heavy atom. The van der Waals surface area contributed by atoms with Crippen LogP contribution in [0.1, 0.15) is 22.3 Å². The Morgan fingerprint density at radius 3 is 1.52 bits per heavy atom. The maximum absolute atomic E-state index is 2.24. The Bertz CT molecular complexity index is 1700. The largest absolute Gasteiger partial charge is 0.126 e. The zero-order valence-electron chi connectivity index (χ0n) is 22.6. The van der Waals surface area contributed by atoms with Crippen molar-refractivity contribution in [2.45, 2.75) is 13.8 Å². The minimum Gasteiger partial charge on any atom is -0.126 e. The second-order valence-corrected chi connectivity index (χ2v) is 10.8. The van der Waals surface area contributed by atoms with Crippen LogP contribution >= 0.6 is 0 Å². The first-order valence-electron chi connectivity index (χ1n) is 13.0. The van der Waals surface area contributed by atoms with Gasteiger partial charge in [0.1, 0.15) is 0 Å². The third kappa shape index (κ3) is 7.55. The topological polar surface area (TPSA) is 0 Å². The molecule has 7 rings (SSSR count). The molecule has 198 valence electrons. The Morgan fingerprint density at radius 1 is 0.525 bits per heavy atom. The van der Waals surface area contributed by atoms with Gasteiger partial charge in [0.25, 0.3) is 0 Å². The van der Waals surface area contributed by atoms with Gasteiger partial charge in [0, 0.05) is 0 Å². The monoisotopic (exact) mass is 634 g/mol. The van der Waals surface area contributed by atoms with Gasteiger partial charge in [0.15, 0.2) is 0 Å². The number of aryl methyl sites for hydroxylation is 2. The zero-order chi connectivity index (χ0) is 26.3. The van der Waals surface area contributed by atoms with Crippen molar-refractivity contribution >= 4 is 35.5 Å². The van der Waals surface area contributed by atoms with Crippen molar-refractivity contribution in [2.75, 3.05) is 0 Å². The van der Waals surface area contributed by atoms with Gasteiger partial charge in [-0.2, -0.15) is 11.6 Å². The van der Waals surface area contributed by atoms with Gasteiger partial charge in [0.2, 0.25) is 0 Å². The molecule has 0 heterocycles. The van der Waals surface area contributed by atoms with Crippen LogP contribution in [0.3, 0.4) is 0 Å². The summed E-state index contributed by atoms with van der Waals surface area (Å²) in [6.45, 7) is 4.28. The van der Waals surface area contributed by atoms with E-state index in [1.807, 2.05) is 0 Å². The van der Waals surface area contributed by atoms with Crippen molar-refractivity contribution in [1.29, 1.82) is 0 Å². The molecule has 0 aliphatic carbocycles. The van der Waals surface area contributed by atoms with Crippen molar-refractivity contribution in [1.82, 2.24) is 0 Å². The first kappa shape index (κ1) is 31.4. The Labute approximate surface area is 264 Å². The molecule has 3 heteroatoms. The molecule has 0 N–H and O–H groups in total. The smallest absolute Gasteiger partial charge is 0.0771 e. The van der Waals surface area contributed by atoms with Gasteiger partial charge < -0.3 is 24.8 Å². The summed E-state index contributed by atoms with van der Waals surface area (Å²) in [7, 11) is 0. The third-order valence-electron chi connectivity index (χ3n) is 6.79. The van der Waals surface area contributed by atoms with E-state index < -0.39 is 0 Å². The summed E-state index contributed by atoms with van der Waals surface area (Å²) in [6.07, 6.45) is 0. The molecule has 0 unspecified atom stereocenters. The van der Waals surface area contributed by atoms with Crippen molar-refractivity contribution in [3.05, 3.63) is 168 Å².